The van der Waals surface area contributed by atoms with Crippen molar-refractivity contribution in [2.24, 2.45) is 0 Å². The van der Waals surface area contributed by atoms with E-state index in [1.54, 1.807) is 12.1 Å². The van der Waals surface area contributed by atoms with E-state index in [4.69, 9.17) is 0 Å². The highest BCUT2D eigenvalue weighted by Gasteiger charge is 2.26. The van der Waals surface area contributed by atoms with E-state index in [1.807, 2.05) is 53.1 Å². The van der Waals surface area contributed by atoms with Gasteiger partial charge in [0, 0.05) is 30.0 Å². The zero-order chi connectivity index (χ0) is 24.9. The summed E-state index contributed by atoms with van der Waals surface area (Å²) in [7, 11) is 0. The number of rotatable bonds is 9. The summed E-state index contributed by atoms with van der Waals surface area (Å²) in [5.74, 6) is 0.296. The van der Waals surface area contributed by atoms with Crippen LogP contribution in [0.4, 0.5) is 5.69 Å². The van der Waals surface area contributed by atoms with Crippen LogP contribution in [0.25, 0.3) is 5.69 Å². The lowest BCUT2D eigenvalue weighted by molar-refractivity contribution is -0.115. The van der Waals surface area contributed by atoms with E-state index in [2.05, 4.69) is 33.0 Å². The van der Waals surface area contributed by atoms with Gasteiger partial charge in [-0.3, -0.25) is 24.3 Å². The maximum atomic E-state index is 12.5. The Bertz CT molecular complexity index is 1420. The number of thioether (sulfide) groups is 1. The average Bonchev–Trinajstić information content (AvgIpc) is 3.43. The van der Waals surface area contributed by atoms with Crippen LogP contribution in [0.2, 0.25) is 0 Å². The fourth-order valence-corrected chi connectivity index (χ4v) is 4.91. The summed E-state index contributed by atoms with van der Waals surface area (Å²) in [6.07, 6.45) is 1.83. The maximum absolute atomic E-state index is 12.5. The van der Waals surface area contributed by atoms with Crippen molar-refractivity contribution in [1.29, 1.82) is 0 Å². The van der Waals surface area contributed by atoms with Gasteiger partial charge in [0.15, 0.2) is 5.16 Å². The number of anilines is 1. The molecule has 2 heterocycles. The highest BCUT2D eigenvalue weighted by Crippen LogP contribution is 2.24. The van der Waals surface area contributed by atoms with Crippen LogP contribution in [0.15, 0.2) is 84.0 Å². The van der Waals surface area contributed by atoms with Gasteiger partial charge < -0.3 is 5.32 Å². The first-order valence-corrected chi connectivity index (χ1v) is 12.5. The Hall–Kier alpha value is -4.24. The third kappa shape index (κ3) is 5.21. The zero-order valence-electron chi connectivity index (χ0n) is 19.3. The highest BCUT2D eigenvalue weighted by atomic mass is 32.2. The quantitative estimate of drug-likeness (QED) is 0.267. The van der Waals surface area contributed by atoms with Gasteiger partial charge in [-0.1, -0.05) is 60.3 Å². The third-order valence-corrected chi connectivity index (χ3v) is 6.71. The second-order valence-electron chi connectivity index (χ2n) is 8.25. The van der Waals surface area contributed by atoms with Crippen molar-refractivity contribution in [1.82, 2.24) is 20.1 Å². The van der Waals surface area contributed by atoms with Crippen molar-refractivity contribution < 1.29 is 14.4 Å². The van der Waals surface area contributed by atoms with Crippen LogP contribution in [0.3, 0.4) is 0 Å². The number of para-hydroxylation sites is 1. The Morgan fingerprint density at radius 1 is 0.861 bits per heavy atom. The minimum absolute atomic E-state index is 0.192. The van der Waals surface area contributed by atoms with Crippen molar-refractivity contribution in [2.45, 2.75) is 24.4 Å². The number of hydrogen-bond donors (Lipinski definition) is 2. The Balaban J connectivity index is 1.23. The van der Waals surface area contributed by atoms with Gasteiger partial charge in [-0.05, 0) is 42.3 Å². The Kier molecular flexibility index (Phi) is 6.90. The van der Waals surface area contributed by atoms with Crippen LogP contribution in [0.1, 0.15) is 38.5 Å². The first-order chi connectivity index (χ1) is 17.6. The molecule has 0 saturated heterocycles. The van der Waals surface area contributed by atoms with E-state index in [9.17, 15) is 14.4 Å². The number of amides is 3. The molecule has 9 heteroatoms. The molecule has 8 nitrogen and oxygen atoms in total. The second kappa shape index (κ2) is 10.6. The molecular formula is C27H23N5O3S. The van der Waals surface area contributed by atoms with Crippen molar-refractivity contribution in [3.63, 3.8) is 0 Å². The fraction of sp³-hybridized carbons (Fsp3) is 0.148. The minimum atomic E-state index is -0.454. The Labute approximate surface area is 212 Å². The van der Waals surface area contributed by atoms with Crippen LogP contribution in [-0.4, -0.2) is 38.2 Å². The largest absolute Gasteiger partial charge is 0.326 e. The summed E-state index contributed by atoms with van der Waals surface area (Å²) in [5, 5.41) is 14.6. The summed E-state index contributed by atoms with van der Waals surface area (Å²) < 4.78 is 2.04. The normalized spacial score (nSPS) is 12.3. The lowest BCUT2D eigenvalue weighted by Gasteiger charge is -2.10. The third-order valence-electron chi connectivity index (χ3n) is 5.77. The minimum Gasteiger partial charge on any atom is -0.326 e. The molecule has 0 unspecified atom stereocenters. The number of nitrogens with zero attached hydrogens (tertiary/aromatic N) is 3. The van der Waals surface area contributed by atoms with Gasteiger partial charge in [0.05, 0.1) is 11.1 Å². The lowest BCUT2D eigenvalue weighted by atomic mass is 10.1. The van der Waals surface area contributed by atoms with Crippen LogP contribution in [-0.2, 0) is 17.6 Å². The SMILES string of the molecule is O=C(CCSc1nnc(CCc2ccccc2)n1-c1ccccc1)Nc1ccc2c(c1)C(=O)NC2=O. The van der Waals surface area contributed by atoms with Crippen LogP contribution >= 0.6 is 11.8 Å². The molecule has 1 aliphatic rings. The van der Waals surface area contributed by atoms with Crippen LogP contribution < -0.4 is 10.6 Å². The fourth-order valence-electron chi connectivity index (χ4n) is 4.00. The molecule has 1 aromatic heterocycles. The number of benzene rings is 3. The predicted octanol–water partition coefficient (Wildman–Crippen LogP) is 4.06. The molecule has 180 valence electrons. The van der Waals surface area contributed by atoms with E-state index < -0.39 is 11.8 Å². The molecule has 0 aliphatic carbocycles. The number of nitrogens with one attached hydrogen (secondary N) is 2. The number of fused-ring (bicyclic) bond motifs is 1. The molecule has 0 radical (unpaired) electrons. The van der Waals surface area contributed by atoms with E-state index in [0.717, 1.165) is 29.5 Å². The number of aryl methyl sites for hydroxylation is 2. The zero-order valence-corrected chi connectivity index (χ0v) is 20.1. The van der Waals surface area contributed by atoms with Gasteiger partial charge in [0.1, 0.15) is 5.82 Å². The van der Waals surface area contributed by atoms with Crippen molar-refractivity contribution in [2.75, 3.05) is 11.1 Å². The van der Waals surface area contributed by atoms with Gasteiger partial charge in [-0.25, -0.2) is 0 Å². The predicted molar refractivity (Wildman–Crippen MR) is 137 cm³/mol. The number of carbonyl (C=O) groups excluding carboxylic acids is 3. The molecular weight excluding hydrogens is 474 g/mol. The van der Waals surface area contributed by atoms with Crippen molar-refractivity contribution in [3.8, 4) is 5.69 Å². The molecule has 36 heavy (non-hydrogen) atoms. The smallest absolute Gasteiger partial charge is 0.259 e. The Morgan fingerprint density at radius 3 is 2.36 bits per heavy atom. The van der Waals surface area contributed by atoms with Crippen LogP contribution in [0, 0.1) is 0 Å². The molecule has 0 spiro atoms. The first-order valence-electron chi connectivity index (χ1n) is 11.5. The summed E-state index contributed by atoms with van der Waals surface area (Å²) in [6.45, 7) is 0. The summed E-state index contributed by atoms with van der Waals surface area (Å²) in [6, 6.07) is 24.9. The first kappa shape index (κ1) is 23.5. The maximum Gasteiger partial charge on any atom is 0.259 e. The standard InChI is InChI=1S/C27H23N5O3S/c33-24(28-19-12-13-21-22(17-19)26(35)29-25(21)34)15-16-36-27-31-30-23(14-11-18-7-3-1-4-8-18)32(27)20-9-5-2-6-10-20/h1-10,12-13,17H,11,14-16H2,(H,28,33)(H,29,34,35). The second-order valence-corrected chi connectivity index (χ2v) is 9.31. The molecule has 0 atom stereocenters. The van der Waals surface area contributed by atoms with Gasteiger partial charge in [-0.15, -0.1) is 10.2 Å². The Morgan fingerprint density at radius 2 is 1.58 bits per heavy atom. The van der Waals surface area contributed by atoms with Gasteiger partial charge in [-0.2, -0.15) is 0 Å². The van der Waals surface area contributed by atoms with Gasteiger partial charge >= 0.3 is 0 Å². The number of carbonyl (C=O) groups is 3. The number of imide groups is 1. The number of aromatic nitrogens is 3. The molecule has 3 amide bonds. The molecule has 1 aliphatic heterocycles. The van der Waals surface area contributed by atoms with Crippen molar-refractivity contribution in [3.05, 3.63) is 101 Å². The molecule has 3 aromatic carbocycles. The van der Waals surface area contributed by atoms with Gasteiger partial charge in [0.25, 0.3) is 11.8 Å². The van der Waals surface area contributed by atoms with E-state index in [1.165, 1.54) is 23.4 Å². The van der Waals surface area contributed by atoms with E-state index in [0.29, 0.717) is 17.0 Å². The topological polar surface area (TPSA) is 106 Å². The van der Waals surface area contributed by atoms with Gasteiger partial charge in [0.2, 0.25) is 5.91 Å². The van der Waals surface area contributed by atoms with Crippen molar-refractivity contribution >= 4 is 35.2 Å². The highest BCUT2D eigenvalue weighted by molar-refractivity contribution is 7.99. The number of hydrogen-bond acceptors (Lipinski definition) is 6. The van der Waals surface area contributed by atoms with Crippen LogP contribution in [0.5, 0.6) is 0 Å². The average molecular weight is 498 g/mol. The molecule has 4 aromatic rings. The summed E-state index contributed by atoms with van der Waals surface area (Å²) >= 11 is 1.46. The summed E-state index contributed by atoms with van der Waals surface area (Å²) in [5.41, 5.74) is 3.27. The molecule has 5 rings (SSSR count). The molecule has 0 fully saturated rings. The van der Waals surface area contributed by atoms with E-state index in [-0.39, 0.29) is 17.9 Å². The molecule has 0 saturated carbocycles. The lowest BCUT2D eigenvalue weighted by Crippen LogP contribution is -2.19. The van der Waals surface area contributed by atoms with E-state index >= 15 is 0 Å². The molecule has 0 bridgehead atoms. The monoisotopic (exact) mass is 497 g/mol. The molecule has 2 N–H and O–H groups in total. The summed E-state index contributed by atoms with van der Waals surface area (Å²) in [4.78, 5) is 36.1.